The first-order chi connectivity index (χ1) is 7.18. The van der Waals surface area contributed by atoms with E-state index >= 15 is 0 Å². The van der Waals surface area contributed by atoms with Crippen LogP contribution in [0.3, 0.4) is 0 Å². The highest BCUT2D eigenvalue weighted by Gasteiger charge is 2.44. The molecule has 0 aliphatic heterocycles. The van der Waals surface area contributed by atoms with E-state index in [4.69, 9.17) is 0 Å². The number of hydrogen-bond donors (Lipinski definition) is 1. The molecule has 1 aromatic carbocycles. The zero-order valence-electron chi connectivity index (χ0n) is 8.19. The molecule has 2 atom stereocenters. The topological polar surface area (TPSA) is 54.4 Å². The van der Waals surface area contributed by atoms with Crippen molar-refractivity contribution in [3.63, 3.8) is 0 Å². The number of aliphatic hydroxyl groups excluding tert-OH is 1. The zero-order chi connectivity index (χ0) is 12.6. The molecule has 0 unspecified atom stereocenters. The van der Waals surface area contributed by atoms with Gasteiger partial charge >= 0.3 is 0 Å². The molecule has 1 N–H and O–H groups in total. The molecule has 1 rings (SSSR count). The summed E-state index contributed by atoms with van der Waals surface area (Å²) in [4.78, 5) is 0. The number of sulfone groups is 1. The van der Waals surface area contributed by atoms with E-state index in [0.717, 1.165) is 6.26 Å². The minimum atomic E-state index is -3.58. The first-order valence-corrected chi connectivity index (χ1v) is 7.94. The van der Waals surface area contributed by atoms with Gasteiger partial charge in [0.2, 0.25) is 1.66 Å². The van der Waals surface area contributed by atoms with Gasteiger partial charge in [-0.3, -0.25) is 0 Å². The summed E-state index contributed by atoms with van der Waals surface area (Å²) >= 11 is 4.46. The third kappa shape index (κ3) is 2.74. The maximum absolute atomic E-state index is 13.4. The second kappa shape index (κ2) is 4.87. The number of hydrogen-bond acceptors (Lipinski definition) is 3. The summed E-state index contributed by atoms with van der Waals surface area (Å²) in [5.74, 6) is -0.640. The standard InChI is InChI=1S/C9H9BrFIO3S/c1-16(14,15)9(10,12)8(13)6-4-2-3-5-7(6)11/h2-5,8,13H,1H3/t8-,9+/m0/s1. The van der Waals surface area contributed by atoms with E-state index < -0.39 is 23.4 Å². The van der Waals surface area contributed by atoms with Crippen LogP contribution in [0.1, 0.15) is 11.7 Å². The Bertz CT molecular complexity index is 489. The predicted molar refractivity (Wildman–Crippen MR) is 71.9 cm³/mol. The highest BCUT2D eigenvalue weighted by molar-refractivity contribution is 14.1. The highest BCUT2D eigenvalue weighted by atomic mass is 127. The Morgan fingerprint density at radius 2 is 2.00 bits per heavy atom. The number of alkyl halides is 2. The van der Waals surface area contributed by atoms with Crippen molar-refractivity contribution in [2.45, 2.75) is 7.77 Å². The van der Waals surface area contributed by atoms with Crippen LogP contribution in [-0.2, 0) is 9.84 Å². The SMILES string of the molecule is CS(=O)(=O)[C@](Br)(I)[C@@H](O)c1ccccc1F. The van der Waals surface area contributed by atoms with Crippen molar-refractivity contribution in [2.24, 2.45) is 0 Å². The quantitative estimate of drug-likeness (QED) is 0.601. The normalized spacial score (nSPS) is 17.8. The van der Waals surface area contributed by atoms with Gasteiger partial charge in [-0.05, 0) is 28.7 Å². The van der Waals surface area contributed by atoms with Crippen LogP contribution < -0.4 is 0 Å². The molecule has 0 saturated carbocycles. The molecule has 0 amide bonds. The van der Waals surface area contributed by atoms with Gasteiger partial charge in [0.05, 0.1) is 0 Å². The monoisotopic (exact) mass is 422 g/mol. The molecule has 0 bridgehead atoms. The maximum Gasteiger partial charge on any atom is 0.206 e. The Balaban J connectivity index is 3.23. The molecule has 0 saturated heterocycles. The first kappa shape index (κ1) is 14.3. The molecule has 7 heteroatoms. The Hall–Kier alpha value is 0.270. The van der Waals surface area contributed by atoms with E-state index in [-0.39, 0.29) is 5.56 Å². The Morgan fingerprint density at radius 1 is 1.50 bits per heavy atom. The lowest BCUT2D eigenvalue weighted by atomic mass is 10.1. The Kier molecular flexibility index (Phi) is 4.36. The summed E-state index contributed by atoms with van der Waals surface area (Å²) in [6, 6.07) is 5.51. The molecule has 90 valence electrons. The summed E-state index contributed by atoms with van der Waals surface area (Å²) in [5, 5.41) is 9.89. The lowest BCUT2D eigenvalue weighted by Crippen LogP contribution is -2.31. The Morgan fingerprint density at radius 3 is 2.44 bits per heavy atom. The summed E-state index contributed by atoms with van der Waals surface area (Å²) in [5.41, 5.74) is -0.0563. The molecule has 0 aliphatic rings. The molecule has 16 heavy (non-hydrogen) atoms. The third-order valence-corrected chi connectivity index (χ3v) is 8.41. The molecular weight excluding hydrogens is 414 g/mol. The second-order valence-electron chi connectivity index (χ2n) is 3.26. The van der Waals surface area contributed by atoms with Crippen LogP contribution in [0, 0.1) is 5.82 Å². The minimum Gasteiger partial charge on any atom is -0.385 e. The van der Waals surface area contributed by atoms with Gasteiger partial charge in [0.25, 0.3) is 0 Å². The summed E-state index contributed by atoms with van der Waals surface area (Å²) in [6.45, 7) is 0. The van der Waals surface area contributed by atoms with E-state index in [9.17, 15) is 17.9 Å². The first-order valence-electron chi connectivity index (χ1n) is 4.18. The molecular formula is C9H9BrFIO3S. The van der Waals surface area contributed by atoms with Gasteiger partial charge < -0.3 is 5.11 Å². The Labute approximate surface area is 115 Å². The lowest BCUT2D eigenvalue weighted by molar-refractivity contribution is 0.186. The van der Waals surface area contributed by atoms with Gasteiger partial charge in [0.1, 0.15) is 11.9 Å². The van der Waals surface area contributed by atoms with Gasteiger partial charge in [-0.2, -0.15) is 0 Å². The van der Waals surface area contributed by atoms with Crippen molar-refractivity contribution in [1.29, 1.82) is 0 Å². The average Bonchev–Trinajstić information content (AvgIpc) is 2.15. The van der Waals surface area contributed by atoms with Crippen molar-refractivity contribution >= 4 is 48.4 Å². The van der Waals surface area contributed by atoms with Crippen molar-refractivity contribution in [1.82, 2.24) is 0 Å². The average molecular weight is 423 g/mol. The minimum absolute atomic E-state index is 0.0563. The smallest absolute Gasteiger partial charge is 0.206 e. The van der Waals surface area contributed by atoms with Crippen LogP contribution >= 0.6 is 38.5 Å². The second-order valence-corrected chi connectivity index (χ2v) is 11.1. The molecule has 0 radical (unpaired) electrons. The molecule has 0 aliphatic carbocycles. The van der Waals surface area contributed by atoms with Crippen molar-refractivity contribution < 1.29 is 17.9 Å². The highest BCUT2D eigenvalue weighted by Crippen LogP contribution is 2.44. The van der Waals surface area contributed by atoms with Gasteiger partial charge in [0.15, 0.2) is 9.84 Å². The van der Waals surface area contributed by atoms with Crippen molar-refractivity contribution in [3.05, 3.63) is 35.6 Å². The van der Waals surface area contributed by atoms with Crippen LogP contribution in [0.25, 0.3) is 0 Å². The van der Waals surface area contributed by atoms with Gasteiger partial charge in [-0.1, -0.05) is 34.1 Å². The number of aliphatic hydroxyl groups is 1. The van der Waals surface area contributed by atoms with E-state index in [2.05, 4.69) is 15.9 Å². The summed E-state index contributed by atoms with van der Waals surface area (Å²) in [7, 11) is -3.58. The van der Waals surface area contributed by atoms with E-state index in [0.29, 0.717) is 0 Å². The number of rotatable bonds is 3. The van der Waals surface area contributed by atoms with Gasteiger partial charge in [0, 0.05) is 11.8 Å². The fourth-order valence-electron chi connectivity index (χ4n) is 1.08. The third-order valence-electron chi connectivity index (χ3n) is 2.01. The lowest BCUT2D eigenvalue weighted by Gasteiger charge is -2.25. The number of halogens is 3. The van der Waals surface area contributed by atoms with Crippen molar-refractivity contribution in [3.8, 4) is 0 Å². The van der Waals surface area contributed by atoms with E-state index in [1.54, 1.807) is 22.6 Å². The van der Waals surface area contributed by atoms with Gasteiger partial charge in [-0.15, -0.1) is 0 Å². The molecule has 0 spiro atoms. The van der Waals surface area contributed by atoms with Crippen LogP contribution in [0.5, 0.6) is 0 Å². The fourth-order valence-corrected chi connectivity index (χ4v) is 2.20. The molecule has 3 nitrogen and oxygen atoms in total. The molecule has 0 fully saturated rings. The fraction of sp³-hybridized carbons (Fsp3) is 0.333. The van der Waals surface area contributed by atoms with Crippen LogP contribution in [0.2, 0.25) is 0 Å². The molecule has 1 aromatic rings. The number of benzene rings is 1. The van der Waals surface area contributed by atoms with Crippen LogP contribution in [-0.4, -0.2) is 21.4 Å². The largest absolute Gasteiger partial charge is 0.385 e. The molecule has 0 heterocycles. The predicted octanol–water partition coefficient (Wildman–Crippen LogP) is 2.39. The maximum atomic E-state index is 13.4. The zero-order valence-corrected chi connectivity index (χ0v) is 12.8. The van der Waals surface area contributed by atoms with E-state index in [1.165, 1.54) is 24.3 Å². The molecule has 0 aromatic heterocycles. The van der Waals surface area contributed by atoms with Crippen molar-refractivity contribution in [2.75, 3.05) is 6.26 Å². The summed E-state index contributed by atoms with van der Waals surface area (Å²) < 4.78 is 34.6. The van der Waals surface area contributed by atoms with E-state index in [1.807, 2.05) is 0 Å². The summed E-state index contributed by atoms with van der Waals surface area (Å²) in [6.07, 6.45) is -0.512. The van der Waals surface area contributed by atoms with Crippen LogP contribution in [0.4, 0.5) is 4.39 Å². The van der Waals surface area contributed by atoms with Crippen LogP contribution in [0.15, 0.2) is 24.3 Å². The van der Waals surface area contributed by atoms with Gasteiger partial charge in [-0.25, -0.2) is 12.8 Å².